The molecule has 0 amide bonds. The summed E-state index contributed by atoms with van der Waals surface area (Å²) in [5.41, 5.74) is 6.01. The summed E-state index contributed by atoms with van der Waals surface area (Å²) in [7, 11) is 0. The van der Waals surface area contributed by atoms with E-state index >= 15 is 0 Å². The monoisotopic (exact) mass is 1340 g/mol. The molecule has 6 heterocycles. The molecule has 86 heavy (non-hydrogen) atoms. The Morgan fingerprint density at radius 2 is 1.01 bits per heavy atom. The van der Waals surface area contributed by atoms with E-state index < -0.39 is 11.9 Å². The fourth-order valence-electron chi connectivity index (χ4n) is 8.03. The standard InChI is InChI=1S/C42H26Cl3N3O6.C21H21F3N3S.CNS.Ru/c43-33-7-1-30(2-8-33)40(52-24-49)21-27-13-15-46-36(17-27)38-19-29(23-42(54-26-51)32-5-11-35(45)12-6-32)20-39(48-38)37-18-28(14-16-47-37)22-41(53-25-50)31-3-9-34(44)10-4-31;1-2-3-4-5-6-16-9-10-17(28-16)8-7-15-11-12-25-18(13-15)19-14-20(27-26-19)21(22,23)24;2-1-3;/h1-26H;7-14H,2-6H2,1H3;;/q;2*-1;+2/b40-21+,41-22+,42-23+;8-7+;;. The number of hydrogen-bond donors (Lipinski definition) is 0. The Morgan fingerprint density at radius 1 is 0.581 bits per heavy atom. The van der Waals surface area contributed by atoms with Crippen LogP contribution in [0.4, 0.5) is 13.2 Å². The predicted octanol–water partition coefficient (Wildman–Crippen LogP) is 17.3. The molecule has 0 bridgehead atoms. The number of ether oxygens (including phenoxy) is 3. The molecule has 0 saturated carbocycles. The number of hydrogen-bond acceptors (Lipinski definition) is 13. The number of unbranched alkanes of at least 4 members (excludes halogenated alkanes) is 3. The Bertz CT molecular complexity index is 3760. The van der Waals surface area contributed by atoms with E-state index in [0.717, 1.165) is 22.9 Å². The van der Waals surface area contributed by atoms with E-state index in [1.54, 1.807) is 169 Å². The molecule has 3 aromatic carbocycles. The molecule has 22 heteroatoms. The molecular formula is C64H47Cl3F3N7O6RuS2. The average Bonchev–Trinajstić information content (AvgIpc) is 2.65. The second kappa shape index (κ2) is 33.9. The van der Waals surface area contributed by atoms with E-state index in [2.05, 4.69) is 56.4 Å². The number of aromatic nitrogens is 6. The summed E-state index contributed by atoms with van der Waals surface area (Å²) in [6.07, 6.45) is 15.4. The summed E-state index contributed by atoms with van der Waals surface area (Å²) in [6.45, 7) is 3.26. The van der Waals surface area contributed by atoms with Crippen molar-refractivity contribution in [1.29, 1.82) is 0 Å². The number of nitrogens with zero attached hydrogens (tertiary/aromatic N) is 7. The van der Waals surface area contributed by atoms with Gasteiger partial charge in [0.05, 0.1) is 22.8 Å². The zero-order valence-electron chi connectivity index (χ0n) is 45.2. The van der Waals surface area contributed by atoms with Gasteiger partial charge >= 0.3 is 25.7 Å². The number of benzene rings is 3. The van der Waals surface area contributed by atoms with E-state index in [-0.39, 0.29) is 30.9 Å². The molecule has 0 unspecified atom stereocenters. The minimum atomic E-state index is -4.50. The summed E-state index contributed by atoms with van der Waals surface area (Å²) in [4.78, 5) is 55.2. The molecule has 9 rings (SSSR count). The van der Waals surface area contributed by atoms with Gasteiger partial charge in [-0.05, 0) is 199 Å². The molecule has 0 aliphatic carbocycles. The van der Waals surface area contributed by atoms with Gasteiger partial charge in [0.25, 0.3) is 19.4 Å². The molecule has 0 atom stereocenters. The van der Waals surface area contributed by atoms with Gasteiger partial charge in [0, 0.05) is 65.8 Å². The van der Waals surface area contributed by atoms with Crippen molar-refractivity contribution in [3.63, 3.8) is 0 Å². The number of aryl methyl sites for hydroxylation is 1. The summed E-state index contributed by atoms with van der Waals surface area (Å²) in [5, 5.41) is 16.9. The first kappa shape index (κ1) is 66.8. The second-order valence-electron chi connectivity index (χ2n) is 17.9. The van der Waals surface area contributed by atoms with Gasteiger partial charge in [0.1, 0.15) is 23.0 Å². The van der Waals surface area contributed by atoms with Crippen molar-refractivity contribution in [2.45, 2.75) is 45.2 Å². The van der Waals surface area contributed by atoms with Crippen LogP contribution in [-0.4, -0.2) is 49.6 Å². The molecule has 0 radical (unpaired) electrons. The number of isothiocyanates is 1. The number of halogens is 6. The van der Waals surface area contributed by atoms with Gasteiger partial charge in [0.15, 0.2) is 0 Å². The fourth-order valence-corrected chi connectivity index (χ4v) is 9.37. The zero-order valence-corrected chi connectivity index (χ0v) is 50.8. The van der Waals surface area contributed by atoms with Crippen LogP contribution in [0.2, 0.25) is 15.1 Å². The molecule has 0 spiro atoms. The van der Waals surface area contributed by atoms with Crippen LogP contribution in [0.5, 0.6) is 0 Å². The van der Waals surface area contributed by atoms with Crippen LogP contribution in [0.15, 0.2) is 158 Å². The summed E-state index contributed by atoms with van der Waals surface area (Å²) in [5.74, 6) is 0.859. The normalized spacial score (nSPS) is 11.5. The molecule has 6 aromatic heterocycles. The number of carbonyl (C=O) groups excluding carboxylic acids is 3. The average molecular weight is 1340 g/mol. The first-order valence-electron chi connectivity index (χ1n) is 25.7. The third kappa shape index (κ3) is 20.4. The number of carbonyl (C=O) groups is 3. The maximum absolute atomic E-state index is 12.7. The molecule has 0 N–H and O–H groups in total. The van der Waals surface area contributed by atoms with Crippen molar-refractivity contribution in [2.75, 3.05) is 0 Å². The van der Waals surface area contributed by atoms with Crippen molar-refractivity contribution in [3.05, 3.63) is 233 Å². The SMILES string of the molecule is CCCCCCc1ccc(/C=C/c2ccnc(-c3cc(C(F)(F)F)n[n-]3)c2)s1.O=CO/C(=C/c1ccnc(-c2cc(/C=C(/OC=O)c3ccc(Cl)cc3)cc(-c3cc(/C=C(/OC=O)c4ccc(Cl)cc4)ccn3)n2)c1)c1ccc(Cl)cc1.[N-]=C=S.[Ru+2]. The van der Waals surface area contributed by atoms with Gasteiger partial charge in [-0.3, -0.25) is 29.3 Å². The topological polar surface area (TPSA) is 180 Å². The van der Waals surface area contributed by atoms with E-state index in [9.17, 15) is 27.6 Å². The van der Waals surface area contributed by atoms with E-state index in [0.29, 0.717) is 108 Å². The van der Waals surface area contributed by atoms with Gasteiger partial charge in [-0.15, -0.1) is 11.3 Å². The van der Waals surface area contributed by atoms with E-state index in [1.807, 2.05) is 12.2 Å². The van der Waals surface area contributed by atoms with Crippen molar-refractivity contribution < 1.29 is 61.2 Å². The molecule has 0 saturated heterocycles. The molecule has 0 aliphatic heterocycles. The molecule has 13 nitrogen and oxygen atoms in total. The Balaban J connectivity index is 0.000000310. The van der Waals surface area contributed by atoms with Crippen molar-refractivity contribution in [2.24, 2.45) is 0 Å². The van der Waals surface area contributed by atoms with Crippen LogP contribution in [0, 0.1) is 0 Å². The first-order chi connectivity index (χ1) is 41.2. The number of rotatable bonds is 22. The van der Waals surface area contributed by atoms with Crippen LogP contribution >= 0.6 is 58.4 Å². The van der Waals surface area contributed by atoms with Gasteiger partial charge < -0.3 is 29.8 Å². The largest absolute Gasteiger partial charge is 2.00 e. The van der Waals surface area contributed by atoms with E-state index in [1.165, 1.54) is 35.7 Å². The van der Waals surface area contributed by atoms with Crippen LogP contribution in [0.3, 0.4) is 0 Å². The quantitative estimate of drug-likeness (QED) is 0.0119. The molecular weight excluding hydrogens is 1290 g/mol. The smallest absolute Gasteiger partial charge is 0.753 e. The minimum absolute atomic E-state index is 0. The molecule has 9 aromatic rings. The Kier molecular flexibility index (Phi) is 26.3. The third-order valence-electron chi connectivity index (χ3n) is 12.0. The van der Waals surface area contributed by atoms with Gasteiger partial charge in [0.2, 0.25) is 0 Å². The van der Waals surface area contributed by atoms with Gasteiger partial charge in [-0.25, -0.2) is 4.98 Å². The fraction of sp³-hybridized carbons (Fsp3) is 0.109. The van der Waals surface area contributed by atoms with Crippen LogP contribution in [-0.2, 0) is 60.7 Å². The maximum Gasteiger partial charge on any atom is 2.00 e. The number of alkyl halides is 3. The van der Waals surface area contributed by atoms with Crippen LogP contribution < -0.4 is 5.10 Å². The maximum atomic E-state index is 12.7. The van der Waals surface area contributed by atoms with Gasteiger partial charge in [-0.2, -0.15) is 18.3 Å². The van der Waals surface area contributed by atoms with E-state index in [4.69, 9.17) is 59.4 Å². The van der Waals surface area contributed by atoms with Crippen molar-refractivity contribution in [3.8, 4) is 34.2 Å². The molecule has 0 fully saturated rings. The molecule has 0 aliphatic rings. The first-order valence-corrected chi connectivity index (χ1v) is 28.1. The number of thiophene rings is 1. The Labute approximate surface area is 530 Å². The summed E-state index contributed by atoms with van der Waals surface area (Å²) >= 11 is 23.7. The zero-order chi connectivity index (χ0) is 60.6. The Morgan fingerprint density at radius 3 is 1.45 bits per heavy atom. The predicted molar refractivity (Wildman–Crippen MR) is 333 cm³/mol. The summed E-state index contributed by atoms with van der Waals surface area (Å²) in [6, 6.07) is 39.9. The number of thiocarbonyl (C=S) groups is 1. The van der Waals surface area contributed by atoms with Gasteiger partial charge in [-0.1, -0.05) is 85.0 Å². The Hall–Kier alpha value is -8.38. The summed E-state index contributed by atoms with van der Waals surface area (Å²) < 4.78 is 54.1. The van der Waals surface area contributed by atoms with Crippen LogP contribution in [0.25, 0.3) is 87.2 Å². The molecule has 436 valence electrons. The second-order valence-corrected chi connectivity index (χ2v) is 20.6. The van der Waals surface area contributed by atoms with Crippen molar-refractivity contribution in [1.82, 2.24) is 30.1 Å². The van der Waals surface area contributed by atoms with Crippen LogP contribution in [0.1, 0.15) is 87.0 Å². The van der Waals surface area contributed by atoms with Crippen molar-refractivity contribution >= 4 is 131 Å². The number of pyridine rings is 4. The minimum Gasteiger partial charge on any atom is -0.753 e. The third-order valence-corrected chi connectivity index (χ3v) is 13.9.